The van der Waals surface area contributed by atoms with Crippen molar-refractivity contribution in [3.8, 4) is 0 Å². The maximum Gasteiger partial charge on any atom is 0.278 e. The first-order valence-corrected chi connectivity index (χ1v) is 9.91. The lowest BCUT2D eigenvalue weighted by molar-refractivity contribution is -0.126. The molecule has 1 aromatic carbocycles. The summed E-state index contributed by atoms with van der Waals surface area (Å²) in [5.74, 6) is -1.20. The Balaban J connectivity index is 2.15. The van der Waals surface area contributed by atoms with Crippen molar-refractivity contribution in [1.29, 1.82) is 0 Å². The Morgan fingerprint density at radius 3 is 1.96 bits per heavy atom. The van der Waals surface area contributed by atoms with Gasteiger partial charge in [-0.3, -0.25) is 9.59 Å². The molecule has 0 bridgehead atoms. The second kappa shape index (κ2) is 6.16. The van der Waals surface area contributed by atoms with Crippen LogP contribution in [0.5, 0.6) is 0 Å². The van der Waals surface area contributed by atoms with Gasteiger partial charge in [0.1, 0.15) is 5.92 Å². The van der Waals surface area contributed by atoms with E-state index in [1.165, 1.54) is 4.90 Å². The molecule has 0 spiro atoms. The molecule has 0 aromatic heterocycles. The van der Waals surface area contributed by atoms with E-state index in [0.29, 0.717) is 11.4 Å². The summed E-state index contributed by atoms with van der Waals surface area (Å²) in [6, 6.07) is 6.13. The summed E-state index contributed by atoms with van der Waals surface area (Å²) in [6.07, 6.45) is -0.854. The first kappa shape index (κ1) is 20.6. The number of carbonyl (C=O) groups is 2. The highest BCUT2D eigenvalue weighted by atomic mass is 16.7. The lowest BCUT2D eigenvalue weighted by atomic mass is 9.80. The van der Waals surface area contributed by atoms with Crippen molar-refractivity contribution in [2.45, 2.75) is 79.2 Å². The van der Waals surface area contributed by atoms with Crippen LogP contribution in [-0.4, -0.2) is 23.6 Å². The third kappa shape index (κ3) is 3.25. The molecule has 5 heteroatoms. The van der Waals surface area contributed by atoms with Crippen molar-refractivity contribution in [2.75, 3.05) is 4.90 Å². The third-order valence-corrected chi connectivity index (χ3v) is 5.49. The highest BCUT2D eigenvalue weighted by Crippen LogP contribution is 2.42. The molecule has 28 heavy (non-hydrogen) atoms. The molecule has 2 aliphatic rings. The van der Waals surface area contributed by atoms with Crippen LogP contribution in [0.4, 0.5) is 5.69 Å². The number of hydrogen-bond acceptors (Lipinski definition) is 4. The van der Waals surface area contributed by atoms with Crippen LogP contribution in [0, 0.1) is 11.3 Å². The van der Waals surface area contributed by atoms with E-state index in [-0.39, 0.29) is 28.1 Å². The Bertz CT molecular complexity index is 863. The number of oxime groups is 1. The SMILES string of the molecule is CC(C)(C)C1=NOC2C(=O)N(c3cc(C(C)(C)C)ccc3C(C)(C)C)C(=O)C12. The second-order valence-electron chi connectivity index (χ2n) is 11.0. The van der Waals surface area contributed by atoms with E-state index in [1.807, 2.05) is 32.9 Å². The minimum Gasteiger partial charge on any atom is -0.381 e. The minimum absolute atomic E-state index is 0.0959. The highest BCUT2D eigenvalue weighted by Gasteiger charge is 2.58. The number of hydrogen-bond donors (Lipinski definition) is 0. The number of fused-ring (bicyclic) bond motifs is 1. The molecular weight excluding hydrogens is 352 g/mol. The van der Waals surface area contributed by atoms with Crippen LogP contribution in [0.25, 0.3) is 0 Å². The topological polar surface area (TPSA) is 59.0 Å². The number of rotatable bonds is 1. The van der Waals surface area contributed by atoms with Gasteiger partial charge in [-0.05, 0) is 28.0 Å². The number of benzene rings is 1. The fourth-order valence-corrected chi connectivity index (χ4v) is 3.84. The number of nitrogens with zero attached hydrogens (tertiary/aromatic N) is 2. The summed E-state index contributed by atoms with van der Waals surface area (Å²) < 4.78 is 0. The number of imide groups is 1. The van der Waals surface area contributed by atoms with Gasteiger partial charge in [0.25, 0.3) is 5.91 Å². The quantitative estimate of drug-likeness (QED) is 0.666. The van der Waals surface area contributed by atoms with E-state index in [1.54, 1.807) is 0 Å². The van der Waals surface area contributed by atoms with E-state index < -0.39 is 12.0 Å². The molecule has 1 fully saturated rings. The van der Waals surface area contributed by atoms with E-state index >= 15 is 0 Å². The van der Waals surface area contributed by atoms with Crippen LogP contribution >= 0.6 is 0 Å². The maximum atomic E-state index is 13.4. The number of carbonyl (C=O) groups excluding carboxylic acids is 2. The predicted octanol–water partition coefficient (Wildman–Crippen LogP) is 4.57. The Kier molecular flexibility index (Phi) is 4.53. The molecule has 2 aliphatic heterocycles. The Labute approximate surface area is 168 Å². The van der Waals surface area contributed by atoms with Gasteiger partial charge in [0, 0.05) is 5.41 Å². The van der Waals surface area contributed by atoms with Crippen LogP contribution in [0.3, 0.4) is 0 Å². The average molecular weight is 385 g/mol. The first-order chi connectivity index (χ1) is 12.6. The van der Waals surface area contributed by atoms with Gasteiger partial charge < -0.3 is 4.84 Å². The highest BCUT2D eigenvalue weighted by molar-refractivity contribution is 6.31. The molecule has 0 saturated carbocycles. The fraction of sp³-hybridized carbons (Fsp3) is 0.609. The van der Waals surface area contributed by atoms with Crippen LogP contribution in [0.1, 0.15) is 73.4 Å². The minimum atomic E-state index is -0.854. The molecular formula is C23H32N2O3. The number of amides is 2. The van der Waals surface area contributed by atoms with Crippen LogP contribution in [0.15, 0.2) is 23.4 Å². The molecule has 1 aromatic rings. The average Bonchev–Trinajstić information content (AvgIpc) is 3.06. The Morgan fingerprint density at radius 2 is 1.46 bits per heavy atom. The molecule has 0 aliphatic carbocycles. The van der Waals surface area contributed by atoms with Crippen molar-refractivity contribution >= 4 is 23.2 Å². The second-order valence-corrected chi connectivity index (χ2v) is 11.0. The molecule has 2 unspecified atom stereocenters. The Morgan fingerprint density at radius 1 is 0.857 bits per heavy atom. The van der Waals surface area contributed by atoms with Gasteiger partial charge in [-0.15, -0.1) is 0 Å². The van der Waals surface area contributed by atoms with Crippen molar-refractivity contribution in [3.05, 3.63) is 29.3 Å². The van der Waals surface area contributed by atoms with Gasteiger partial charge in [0.15, 0.2) is 0 Å². The third-order valence-electron chi connectivity index (χ3n) is 5.49. The molecule has 2 amide bonds. The van der Waals surface area contributed by atoms with Gasteiger partial charge in [-0.25, -0.2) is 4.90 Å². The lowest BCUT2D eigenvalue weighted by Gasteiger charge is -2.30. The largest absolute Gasteiger partial charge is 0.381 e. The fourth-order valence-electron chi connectivity index (χ4n) is 3.84. The van der Waals surface area contributed by atoms with Crippen molar-refractivity contribution in [3.63, 3.8) is 0 Å². The van der Waals surface area contributed by atoms with Gasteiger partial charge in [0.2, 0.25) is 12.0 Å². The monoisotopic (exact) mass is 384 g/mol. The standard InChI is InChI=1S/C23H32N2O3/c1-21(2,3)13-10-11-14(22(4,5)6)15(12-13)25-19(26)16-17(20(25)27)28-24-18(16)23(7,8)9/h10-12,16-17H,1-9H3. The van der Waals surface area contributed by atoms with E-state index in [9.17, 15) is 9.59 Å². The van der Waals surface area contributed by atoms with Crippen LogP contribution in [-0.2, 0) is 25.3 Å². The summed E-state index contributed by atoms with van der Waals surface area (Å²) in [4.78, 5) is 33.4. The van der Waals surface area contributed by atoms with Gasteiger partial charge >= 0.3 is 0 Å². The van der Waals surface area contributed by atoms with E-state index in [4.69, 9.17) is 4.84 Å². The zero-order chi connectivity index (χ0) is 21.2. The summed E-state index contributed by atoms with van der Waals surface area (Å²) in [6.45, 7) is 18.6. The molecule has 5 nitrogen and oxygen atoms in total. The van der Waals surface area contributed by atoms with Crippen molar-refractivity contribution in [1.82, 2.24) is 0 Å². The number of anilines is 1. The summed E-state index contributed by atoms with van der Waals surface area (Å²) >= 11 is 0. The van der Waals surface area contributed by atoms with Crippen LogP contribution < -0.4 is 4.90 Å². The molecule has 0 radical (unpaired) electrons. The lowest BCUT2D eigenvalue weighted by Crippen LogP contribution is -2.37. The van der Waals surface area contributed by atoms with Crippen LogP contribution in [0.2, 0.25) is 0 Å². The Hall–Kier alpha value is -2.17. The van der Waals surface area contributed by atoms with Gasteiger partial charge in [0.05, 0.1) is 11.4 Å². The molecule has 3 rings (SSSR count). The molecule has 0 N–H and O–H groups in total. The van der Waals surface area contributed by atoms with Crippen molar-refractivity contribution in [2.24, 2.45) is 16.5 Å². The molecule has 2 atom stereocenters. The van der Waals surface area contributed by atoms with Crippen molar-refractivity contribution < 1.29 is 14.4 Å². The summed E-state index contributed by atoms with van der Waals surface area (Å²) in [7, 11) is 0. The summed E-state index contributed by atoms with van der Waals surface area (Å²) in [5, 5.41) is 4.10. The molecule has 2 heterocycles. The summed E-state index contributed by atoms with van der Waals surface area (Å²) in [5.41, 5.74) is 2.71. The zero-order valence-electron chi connectivity index (χ0n) is 18.5. The smallest absolute Gasteiger partial charge is 0.278 e. The van der Waals surface area contributed by atoms with Gasteiger partial charge in [-0.2, -0.15) is 0 Å². The molecule has 152 valence electrons. The van der Waals surface area contributed by atoms with Gasteiger partial charge in [-0.1, -0.05) is 79.6 Å². The van der Waals surface area contributed by atoms with E-state index in [2.05, 4.69) is 52.8 Å². The molecule has 1 saturated heterocycles. The predicted molar refractivity (Wildman–Crippen MR) is 112 cm³/mol. The maximum absolute atomic E-state index is 13.4. The normalized spacial score (nSPS) is 23.0. The first-order valence-electron chi connectivity index (χ1n) is 9.91. The van der Waals surface area contributed by atoms with E-state index in [0.717, 1.165) is 11.1 Å². The zero-order valence-corrected chi connectivity index (χ0v) is 18.5.